The van der Waals surface area contributed by atoms with Crippen molar-refractivity contribution in [3.63, 3.8) is 0 Å². The summed E-state index contributed by atoms with van der Waals surface area (Å²) in [4.78, 5) is 36.4. The van der Waals surface area contributed by atoms with Gasteiger partial charge in [-0.2, -0.15) is 0 Å². The predicted molar refractivity (Wildman–Crippen MR) is 131 cm³/mol. The zero-order valence-corrected chi connectivity index (χ0v) is 18.7. The van der Waals surface area contributed by atoms with Crippen molar-refractivity contribution in [1.29, 1.82) is 0 Å². The molecule has 0 saturated carbocycles. The van der Waals surface area contributed by atoms with Crippen molar-refractivity contribution < 1.29 is 9.21 Å². The van der Waals surface area contributed by atoms with E-state index in [4.69, 9.17) is 4.42 Å². The molecule has 0 saturated heterocycles. The maximum Gasteiger partial charge on any atom is 0.281 e. The second kappa shape index (κ2) is 8.78. The van der Waals surface area contributed by atoms with Crippen LogP contribution in [0.4, 0.5) is 5.69 Å². The number of fused-ring (bicyclic) bond motifs is 1. The van der Waals surface area contributed by atoms with Gasteiger partial charge in [-0.25, -0.2) is 4.98 Å². The summed E-state index contributed by atoms with van der Waals surface area (Å²) in [7, 11) is 0. The number of rotatable bonds is 5. The van der Waals surface area contributed by atoms with E-state index in [-0.39, 0.29) is 11.6 Å². The average molecular weight is 450 g/mol. The van der Waals surface area contributed by atoms with Gasteiger partial charge in [-0.15, -0.1) is 0 Å². The number of hydrogen-bond acceptors (Lipinski definition) is 5. The van der Waals surface area contributed by atoms with Crippen LogP contribution in [-0.2, 0) is 4.79 Å². The van der Waals surface area contributed by atoms with E-state index in [9.17, 15) is 9.59 Å². The van der Waals surface area contributed by atoms with Gasteiger partial charge >= 0.3 is 0 Å². The average Bonchev–Trinajstić information content (AvgIpc) is 3.38. The third-order valence-corrected chi connectivity index (χ3v) is 5.81. The fraction of sp³-hybridized carbons (Fsp3) is 0.111. The van der Waals surface area contributed by atoms with Crippen molar-refractivity contribution >= 4 is 22.6 Å². The monoisotopic (exact) mass is 450 g/mol. The fourth-order valence-electron chi connectivity index (χ4n) is 4.15. The summed E-state index contributed by atoms with van der Waals surface area (Å²) < 4.78 is 6.98. The first-order valence-corrected chi connectivity index (χ1v) is 10.9. The van der Waals surface area contributed by atoms with Crippen molar-refractivity contribution in [1.82, 2.24) is 14.5 Å². The number of nitrogens with zero attached hydrogens (tertiary/aromatic N) is 3. The van der Waals surface area contributed by atoms with E-state index in [1.165, 1.54) is 10.8 Å². The number of hydrogen-bond donors (Lipinski definition) is 1. The summed E-state index contributed by atoms with van der Waals surface area (Å²) in [5.41, 5.74) is 4.06. The predicted octanol–water partition coefficient (Wildman–Crippen LogP) is 4.90. The molecule has 168 valence electrons. The lowest BCUT2D eigenvalue weighted by Gasteiger charge is -2.23. The Morgan fingerprint density at radius 3 is 2.38 bits per heavy atom. The number of amides is 1. The number of carbonyl (C=O) groups is 1. The van der Waals surface area contributed by atoms with Crippen molar-refractivity contribution in [2.75, 3.05) is 5.32 Å². The molecule has 0 aliphatic carbocycles. The van der Waals surface area contributed by atoms with Crippen LogP contribution in [0.3, 0.4) is 0 Å². The molecule has 1 atom stereocenters. The molecule has 0 aliphatic heterocycles. The molecule has 0 bridgehead atoms. The zero-order valence-electron chi connectivity index (χ0n) is 18.7. The standard InChI is InChI=1S/C27H22N4O3/c1-17-7-5-8-18(2)23(17)30-26(32)25(19-12-14-28-15-13-19)31-21-10-4-3-9-20(21)29-24(27(31)33)22-11-6-16-34-22/h3-16,25H,1-2H3,(H,30,32). The van der Waals surface area contributed by atoms with Crippen LogP contribution in [0.1, 0.15) is 22.7 Å². The van der Waals surface area contributed by atoms with Crippen molar-refractivity contribution in [3.8, 4) is 11.5 Å². The van der Waals surface area contributed by atoms with E-state index < -0.39 is 11.6 Å². The zero-order chi connectivity index (χ0) is 23.7. The number of carbonyl (C=O) groups excluding carboxylic acids is 1. The molecule has 5 rings (SSSR count). The van der Waals surface area contributed by atoms with Gasteiger partial charge in [-0.05, 0) is 66.9 Å². The highest BCUT2D eigenvalue weighted by Gasteiger charge is 2.28. The fourth-order valence-corrected chi connectivity index (χ4v) is 4.15. The number of aromatic nitrogens is 3. The molecule has 7 heteroatoms. The van der Waals surface area contributed by atoms with E-state index >= 15 is 0 Å². The first kappa shape index (κ1) is 21.3. The minimum atomic E-state index is -0.962. The van der Waals surface area contributed by atoms with Gasteiger partial charge in [-0.3, -0.25) is 19.1 Å². The van der Waals surface area contributed by atoms with Crippen LogP contribution in [-0.4, -0.2) is 20.4 Å². The minimum absolute atomic E-state index is 0.141. The Morgan fingerprint density at radius 1 is 0.941 bits per heavy atom. The Labute approximate surface area is 195 Å². The summed E-state index contributed by atoms with van der Waals surface area (Å²) in [6.07, 6.45) is 4.71. The molecule has 0 aliphatic rings. The summed E-state index contributed by atoms with van der Waals surface area (Å²) in [5.74, 6) is 0.000542. The Bertz CT molecular complexity index is 1520. The van der Waals surface area contributed by atoms with Crippen LogP contribution in [0.15, 0.2) is 94.6 Å². The van der Waals surface area contributed by atoms with E-state index in [2.05, 4.69) is 15.3 Å². The Morgan fingerprint density at radius 2 is 1.68 bits per heavy atom. The number of benzene rings is 2. The Kier molecular flexibility index (Phi) is 5.51. The van der Waals surface area contributed by atoms with Gasteiger partial charge in [0.1, 0.15) is 6.04 Å². The molecule has 1 unspecified atom stereocenters. The largest absolute Gasteiger partial charge is 0.463 e. The number of para-hydroxylation sites is 3. The van der Waals surface area contributed by atoms with Crippen molar-refractivity contribution in [3.05, 3.63) is 112 Å². The molecule has 3 aromatic heterocycles. The van der Waals surface area contributed by atoms with Gasteiger partial charge in [-0.1, -0.05) is 30.3 Å². The maximum absolute atomic E-state index is 13.9. The molecule has 1 N–H and O–H groups in total. The highest BCUT2D eigenvalue weighted by Crippen LogP contribution is 2.27. The molecule has 1 amide bonds. The van der Waals surface area contributed by atoms with Gasteiger partial charge in [0.05, 0.1) is 17.3 Å². The lowest BCUT2D eigenvalue weighted by Crippen LogP contribution is -2.35. The van der Waals surface area contributed by atoms with Gasteiger partial charge in [0.15, 0.2) is 11.5 Å². The smallest absolute Gasteiger partial charge is 0.281 e. The van der Waals surface area contributed by atoms with Crippen LogP contribution >= 0.6 is 0 Å². The van der Waals surface area contributed by atoms with Crippen molar-refractivity contribution in [2.45, 2.75) is 19.9 Å². The molecule has 0 spiro atoms. The van der Waals surface area contributed by atoms with Gasteiger partial charge in [0, 0.05) is 18.1 Å². The second-order valence-corrected chi connectivity index (χ2v) is 8.04. The first-order chi connectivity index (χ1) is 16.5. The quantitative estimate of drug-likeness (QED) is 0.411. The Hall–Kier alpha value is -4.52. The molecule has 7 nitrogen and oxygen atoms in total. The lowest BCUT2D eigenvalue weighted by molar-refractivity contribution is -0.118. The van der Waals surface area contributed by atoms with E-state index in [0.717, 1.165) is 16.8 Å². The van der Waals surface area contributed by atoms with E-state index in [1.54, 1.807) is 42.7 Å². The van der Waals surface area contributed by atoms with Crippen molar-refractivity contribution in [2.24, 2.45) is 0 Å². The summed E-state index contributed by atoms with van der Waals surface area (Å²) in [6, 6.07) is 19.0. The number of anilines is 1. The number of furan rings is 1. The number of nitrogens with one attached hydrogen (secondary N) is 1. The Balaban J connectivity index is 1.76. The summed E-state index contributed by atoms with van der Waals surface area (Å²) >= 11 is 0. The van der Waals surface area contributed by atoms with Crippen LogP contribution in [0.25, 0.3) is 22.5 Å². The molecular weight excluding hydrogens is 428 g/mol. The highest BCUT2D eigenvalue weighted by molar-refractivity contribution is 5.98. The summed E-state index contributed by atoms with van der Waals surface area (Å²) in [6.45, 7) is 3.88. The molecule has 3 heterocycles. The highest BCUT2D eigenvalue weighted by atomic mass is 16.3. The second-order valence-electron chi connectivity index (χ2n) is 8.04. The molecule has 0 radical (unpaired) electrons. The molecule has 0 fully saturated rings. The van der Waals surface area contributed by atoms with E-state index in [0.29, 0.717) is 22.4 Å². The van der Waals surface area contributed by atoms with Crippen LogP contribution in [0.5, 0.6) is 0 Å². The third kappa shape index (κ3) is 3.77. The van der Waals surface area contributed by atoms with Crippen LogP contribution < -0.4 is 10.9 Å². The summed E-state index contributed by atoms with van der Waals surface area (Å²) in [5, 5.41) is 3.06. The molecule has 5 aromatic rings. The lowest BCUT2D eigenvalue weighted by atomic mass is 10.0. The topological polar surface area (TPSA) is 90.0 Å². The molecular formula is C27H22N4O3. The number of pyridine rings is 1. The molecule has 34 heavy (non-hydrogen) atoms. The minimum Gasteiger partial charge on any atom is -0.463 e. The van der Waals surface area contributed by atoms with Gasteiger partial charge in [0.25, 0.3) is 11.5 Å². The van der Waals surface area contributed by atoms with E-state index in [1.807, 2.05) is 50.2 Å². The number of aryl methyl sites for hydroxylation is 2. The molecule has 2 aromatic carbocycles. The maximum atomic E-state index is 13.9. The first-order valence-electron chi connectivity index (χ1n) is 10.9. The van der Waals surface area contributed by atoms with Gasteiger partial charge in [0.2, 0.25) is 0 Å². The van der Waals surface area contributed by atoms with Crippen LogP contribution in [0, 0.1) is 13.8 Å². The SMILES string of the molecule is Cc1cccc(C)c1NC(=O)C(c1ccncc1)n1c(=O)c(-c2ccco2)nc2ccccc21. The third-order valence-electron chi connectivity index (χ3n) is 5.81. The van der Waals surface area contributed by atoms with Gasteiger partial charge < -0.3 is 9.73 Å². The van der Waals surface area contributed by atoms with Crippen LogP contribution in [0.2, 0.25) is 0 Å². The normalized spacial score (nSPS) is 11.9.